The van der Waals surface area contributed by atoms with Gasteiger partial charge >= 0.3 is 0 Å². The monoisotopic (exact) mass is 322 g/mol. The molecule has 124 valence electrons. The van der Waals surface area contributed by atoms with Crippen molar-refractivity contribution in [2.75, 3.05) is 16.8 Å². The Bertz CT molecular complexity index is 781. The molecule has 1 fully saturated rings. The lowest BCUT2D eigenvalue weighted by molar-refractivity contribution is -0.129. The number of hydrogen-bond acceptors (Lipinski definition) is 2. The molecule has 1 unspecified atom stereocenters. The molecule has 0 aliphatic carbocycles. The minimum absolute atomic E-state index is 0.119. The van der Waals surface area contributed by atoms with E-state index in [1.807, 2.05) is 57.2 Å². The van der Waals surface area contributed by atoms with E-state index in [0.29, 0.717) is 13.0 Å². The van der Waals surface area contributed by atoms with Crippen molar-refractivity contribution >= 4 is 23.2 Å². The number of benzene rings is 2. The van der Waals surface area contributed by atoms with Crippen molar-refractivity contribution in [3.05, 3.63) is 59.2 Å². The van der Waals surface area contributed by atoms with Gasteiger partial charge in [-0.2, -0.15) is 0 Å². The van der Waals surface area contributed by atoms with Crippen LogP contribution in [0, 0.1) is 26.7 Å². The highest BCUT2D eigenvalue weighted by Crippen LogP contribution is 2.29. The second kappa shape index (κ2) is 6.48. The fourth-order valence-corrected chi connectivity index (χ4v) is 3.14. The van der Waals surface area contributed by atoms with Crippen LogP contribution in [-0.4, -0.2) is 18.4 Å². The Morgan fingerprint density at radius 3 is 2.38 bits per heavy atom. The summed E-state index contributed by atoms with van der Waals surface area (Å²) in [6.45, 7) is 6.60. The first-order valence-electron chi connectivity index (χ1n) is 8.22. The highest BCUT2D eigenvalue weighted by Gasteiger charge is 2.38. The number of nitrogens with zero attached hydrogens (tertiary/aromatic N) is 1. The van der Waals surface area contributed by atoms with Crippen LogP contribution < -0.4 is 10.2 Å². The second-order valence-electron chi connectivity index (χ2n) is 6.48. The summed E-state index contributed by atoms with van der Waals surface area (Å²) in [5.41, 5.74) is 4.98. The third kappa shape index (κ3) is 3.18. The third-order valence-corrected chi connectivity index (χ3v) is 4.48. The fourth-order valence-electron chi connectivity index (χ4n) is 3.14. The Balaban J connectivity index is 1.73. The van der Waals surface area contributed by atoms with Gasteiger partial charge in [0.05, 0.1) is 0 Å². The van der Waals surface area contributed by atoms with Crippen LogP contribution in [0.15, 0.2) is 42.5 Å². The van der Waals surface area contributed by atoms with Crippen LogP contribution in [0.5, 0.6) is 0 Å². The number of amides is 2. The van der Waals surface area contributed by atoms with E-state index in [-0.39, 0.29) is 11.8 Å². The number of hydrogen-bond donors (Lipinski definition) is 1. The number of rotatable bonds is 3. The third-order valence-electron chi connectivity index (χ3n) is 4.48. The van der Waals surface area contributed by atoms with Gasteiger partial charge in [-0.25, -0.2) is 0 Å². The van der Waals surface area contributed by atoms with Crippen LogP contribution in [0.1, 0.15) is 23.1 Å². The fraction of sp³-hybridized carbons (Fsp3) is 0.300. The number of anilines is 2. The summed E-state index contributed by atoms with van der Waals surface area (Å²) in [6, 6.07) is 13.6. The average molecular weight is 322 g/mol. The molecule has 0 spiro atoms. The summed E-state index contributed by atoms with van der Waals surface area (Å²) in [5.74, 6) is -0.963. The summed E-state index contributed by atoms with van der Waals surface area (Å²) in [7, 11) is 0. The van der Waals surface area contributed by atoms with Crippen LogP contribution in [-0.2, 0) is 9.59 Å². The summed E-state index contributed by atoms with van der Waals surface area (Å²) in [4.78, 5) is 26.9. The molecule has 2 amide bonds. The maximum absolute atomic E-state index is 12.7. The van der Waals surface area contributed by atoms with Crippen LogP contribution in [0.25, 0.3) is 0 Å². The highest BCUT2D eigenvalue weighted by molar-refractivity contribution is 6.13. The van der Waals surface area contributed by atoms with Crippen molar-refractivity contribution in [1.29, 1.82) is 0 Å². The van der Waals surface area contributed by atoms with Crippen LogP contribution in [0.4, 0.5) is 11.4 Å². The average Bonchev–Trinajstić information content (AvgIpc) is 2.91. The van der Waals surface area contributed by atoms with Gasteiger partial charge in [-0.05, 0) is 51.0 Å². The van der Waals surface area contributed by atoms with Crippen LogP contribution in [0.2, 0.25) is 0 Å². The second-order valence-corrected chi connectivity index (χ2v) is 6.48. The molecule has 1 aliphatic rings. The lowest BCUT2D eigenvalue weighted by Crippen LogP contribution is -2.33. The van der Waals surface area contributed by atoms with Gasteiger partial charge in [-0.3, -0.25) is 9.59 Å². The molecule has 1 N–H and O–H groups in total. The Morgan fingerprint density at radius 2 is 1.71 bits per heavy atom. The van der Waals surface area contributed by atoms with E-state index < -0.39 is 5.92 Å². The largest absolute Gasteiger partial charge is 0.325 e. The van der Waals surface area contributed by atoms with Gasteiger partial charge in [0.25, 0.3) is 0 Å². The van der Waals surface area contributed by atoms with Crippen LogP contribution in [0.3, 0.4) is 0 Å². The van der Waals surface area contributed by atoms with E-state index in [4.69, 9.17) is 0 Å². The first-order chi connectivity index (χ1) is 11.5. The Labute approximate surface area is 142 Å². The molecule has 24 heavy (non-hydrogen) atoms. The van der Waals surface area contributed by atoms with Crippen LogP contribution >= 0.6 is 0 Å². The van der Waals surface area contributed by atoms with E-state index in [1.165, 1.54) is 0 Å². The zero-order valence-corrected chi connectivity index (χ0v) is 14.3. The van der Waals surface area contributed by atoms with Gasteiger partial charge in [0.2, 0.25) is 11.8 Å². The lowest BCUT2D eigenvalue weighted by Gasteiger charge is -2.19. The molecule has 1 aliphatic heterocycles. The molecular formula is C20H22N2O2. The number of aryl methyl sites for hydroxylation is 3. The Morgan fingerprint density at radius 1 is 1.04 bits per heavy atom. The molecule has 0 radical (unpaired) electrons. The van der Waals surface area contributed by atoms with Crippen molar-refractivity contribution in [3.63, 3.8) is 0 Å². The zero-order chi connectivity index (χ0) is 17.3. The molecule has 0 saturated carbocycles. The van der Waals surface area contributed by atoms with Crippen molar-refractivity contribution in [3.8, 4) is 0 Å². The molecular weight excluding hydrogens is 300 g/mol. The summed E-state index contributed by atoms with van der Waals surface area (Å²) < 4.78 is 0. The minimum atomic E-state index is -0.619. The topological polar surface area (TPSA) is 49.4 Å². The normalized spacial score (nSPS) is 17.2. The lowest BCUT2D eigenvalue weighted by atomic mass is 10.1. The molecule has 0 aromatic heterocycles. The molecule has 4 heteroatoms. The number of nitrogens with one attached hydrogen (secondary N) is 1. The van der Waals surface area contributed by atoms with E-state index in [9.17, 15) is 9.59 Å². The SMILES string of the molecule is Cc1ccc(NC(=O)C2CCN(c3ccc(C)cc3C)C2=O)cc1. The molecule has 1 heterocycles. The van der Waals surface area contributed by atoms with E-state index in [2.05, 4.69) is 11.4 Å². The van der Waals surface area contributed by atoms with E-state index in [1.54, 1.807) is 4.90 Å². The summed E-state index contributed by atoms with van der Waals surface area (Å²) in [6.07, 6.45) is 0.545. The molecule has 4 nitrogen and oxygen atoms in total. The maximum atomic E-state index is 12.7. The summed E-state index contributed by atoms with van der Waals surface area (Å²) >= 11 is 0. The van der Waals surface area contributed by atoms with Gasteiger partial charge < -0.3 is 10.2 Å². The Hall–Kier alpha value is -2.62. The molecule has 0 bridgehead atoms. The van der Waals surface area contributed by atoms with E-state index >= 15 is 0 Å². The van der Waals surface area contributed by atoms with Gasteiger partial charge in [0.15, 0.2) is 0 Å². The van der Waals surface area contributed by atoms with Crippen molar-refractivity contribution in [2.45, 2.75) is 27.2 Å². The summed E-state index contributed by atoms with van der Waals surface area (Å²) in [5, 5.41) is 2.85. The van der Waals surface area contributed by atoms with Crippen molar-refractivity contribution in [1.82, 2.24) is 0 Å². The highest BCUT2D eigenvalue weighted by atomic mass is 16.2. The van der Waals surface area contributed by atoms with Gasteiger partial charge in [0.1, 0.15) is 5.92 Å². The predicted octanol–water partition coefficient (Wildman–Crippen LogP) is 3.60. The maximum Gasteiger partial charge on any atom is 0.239 e. The zero-order valence-electron chi connectivity index (χ0n) is 14.3. The molecule has 3 rings (SSSR count). The number of carbonyl (C=O) groups is 2. The van der Waals surface area contributed by atoms with Gasteiger partial charge in [0, 0.05) is 17.9 Å². The first kappa shape index (κ1) is 16.2. The van der Waals surface area contributed by atoms with Crippen molar-refractivity contribution in [2.24, 2.45) is 5.92 Å². The standard InChI is InChI=1S/C20H22N2O2/c1-13-4-7-16(8-5-13)21-19(23)17-10-11-22(20(17)24)18-9-6-14(2)12-15(18)3/h4-9,12,17H,10-11H2,1-3H3,(H,21,23). The quantitative estimate of drug-likeness (QED) is 0.878. The molecule has 1 atom stereocenters. The molecule has 2 aromatic carbocycles. The predicted molar refractivity (Wildman–Crippen MR) is 96.2 cm³/mol. The van der Waals surface area contributed by atoms with E-state index in [0.717, 1.165) is 28.1 Å². The molecule has 1 saturated heterocycles. The molecule has 2 aromatic rings. The smallest absolute Gasteiger partial charge is 0.239 e. The minimum Gasteiger partial charge on any atom is -0.325 e. The van der Waals surface area contributed by atoms with Gasteiger partial charge in [-0.15, -0.1) is 0 Å². The Kier molecular flexibility index (Phi) is 4.38. The van der Waals surface area contributed by atoms with Crippen molar-refractivity contribution < 1.29 is 9.59 Å². The first-order valence-corrected chi connectivity index (χ1v) is 8.22. The van der Waals surface area contributed by atoms with Gasteiger partial charge in [-0.1, -0.05) is 35.4 Å². The number of carbonyl (C=O) groups excluding carboxylic acids is 2.